The van der Waals surface area contributed by atoms with Gasteiger partial charge in [-0.2, -0.15) is 0 Å². The van der Waals surface area contributed by atoms with Crippen molar-refractivity contribution in [3.8, 4) is 0 Å². The molecule has 0 unspecified atom stereocenters. The highest BCUT2D eigenvalue weighted by Gasteiger charge is 2.09. The van der Waals surface area contributed by atoms with Crippen LogP contribution in [0.4, 0.5) is 0 Å². The average molecular weight is 831 g/mol. The number of esters is 2. The molecular weight excluding hydrogens is 753 g/mol. The molecule has 0 fully saturated rings. The molecule has 6 nitrogen and oxygen atoms in total. The van der Waals surface area contributed by atoms with Crippen molar-refractivity contribution in [1.29, 1.82) is 0 Å². The molecule has 0 heterocycles. The summed E-state index contributed by atoms with van der Waals surface area (Å²) in [5, 5.41) is 0. The minimum Gasteiger partial charge on any atom is -0.465 e. The number of nitrogens with zero attached hydrogens (tertiary/aromatic N) is 2. The lowest BCUT2D eigenvalue weighted by molar-refractivity contribution is -0.144. The van der Waals surface area contributed by atoms with Crippen molar-refractivity contribution in [3.63, 3.8) is 0 Å². The first kappa shape index (κ1) is 52.0. The number of rotatable bonds is 42. The van der Waals surface area contributed by atoms with Gasteiger partial charge in [0.15, 0.2) is 0 Å². The van der Waals surface area contributed by atoms with Gasteiger partial charge in [-0.25, -0.2) is 0 Å². The molecule has 0 aromatic heterocycles. The van der Waals surface area contributed by atoms with Gasteiger partial charge >= 0.3 is 11.9 Å². The second kappa shape index (κ2) is 43.7. The van der Waals surface area contributed by atoms with Gasteiger partial charge < -0.3 is 19.3 Å². The molecule has 0 radical (unpaired) electrons. The van der Waals surface area contributed by atoms with E-state index in [1.807, 2.05) is 41.2 Å². The van der Waals surface area contributed by atoms with Gasteiger partial charge in [-0.3, -0.25) is 9.59 Å². The Morgan fingerprint density at radius 3 is 1.08 bits per heavy atom. The van der Waals surface area contributed by atoms with Crippen molar-refractivity contribution >= 4 is 74.8 Å². The van der Waals surface area contributed by atoms with Gasteiger partial charge in [0.1, 0.15) is 13.2 Å². The first-order valence-electron chi connectivity index (χ1n) is 20.5. The largest absolute Gasteiger partial charge is 0.465 e. The zero-order valence-corrected chi connectivity index (χ0v) is 38.2. The van der Waals surface area contributed by atoms with Crippen LogP contribution < -0.4 is 0 Å². The topological polar surface area (TPSA) is 59.1 Å². The SMILES string of the molecule is CCCCCCCCCCCCSSSCCOC(=O)CCN(C)CCCN(C)CCC(=O)OCCSSSCCCCCCCCCCCC. The maximum atomic E-state index is 12.1. The Bertz CT molecular complexity index is 686. The van der Waals surface area contributed by atoms with Gasteiger partial charge in [0.25, 0.3) is 0 Å². The first-order chi connectivity index (χ1) is 25.0. The van der Waals surface area contributed by atoms with Crippen LogP contribution in [0.5, 0.6) is 0 Å². The van der Waals surface area contributed by atoms with Gasteiger partial charge in [-0.05, 0) is 66.1 Å². The Morgan fingerprint density at radius 2 is 0.725 bits per heavy atom. The van der Waals surface area contributed by atoms with E-state index in [0.717, 1.165) is 31.0 Å². The summed E-state index contributed by atoms with van der Waals surface area (Å²) in [6, 6.07) is 0. The summed E-state index contributed by atoms with van der Waals surface area (Å²) in [6.45, 7) is 8.77. The number of carbonyl (C=O) groups excluding carboxylic acids is 2. The van der Waals surface area contributed by atoms with Crippen molar-refractivity contribution in [2.24, 2.45) is 0 Å². The lowest BCUT2D eigenvalue weighted by atomic mass is 10.1. The summed E-state index contributed by atoms with van der Waals surface area (Å²) < 4.78 is 10.8. The number of ether oxygens (including phenoxy) is 2. The maximum absolute atomic E-state index is 12.1. The van der Waals surface area contributed by atoms with Crippen molar-refractivity contribution in [3.05, 3.63) is 0 Å². The van der Waals surface area contributed by atoms with Crippen LogP contribution in [0.1, 0.15) is 162 Å². The van der Waals surface area contributed by atoms with E-state index in [1.54, 1.807) is 21.6 Å². The lowest BCUT2D eigenvalue weighted by Crippen LogP contribution is -2.29. The quantitative estimate of drug-likeness (QED) is 0.0334. The summed E-state index contributed by atoms with van der Waals surface area (Å²) in [5.41, 5.74) is 0. The van der Waals surface area contributed by atoms with Crippen LogP contribution in [-0.2, 0) is 19.1 Å². The van der Waals surface area contributed by atoms with E-state index in [2.05, 4.69) is 37.7 Å². The molecule has 0 aliphatic heterocycles. The van der Waals surface area contributed by atoms with Crippen molar-refractivity contribution in [2.75, 3.05) is 76.5 Å². The van der Waals surface area contributed by atoms with Crippen molar-refractivity contribution in [1.82, 2.24) is 9.80 Å². The van der Waals surface area contributed by atoms with E-state index in [0.29, 0.717) is 39.1 Å². The molecule has 0 atom stereocenters. The smallest absolute Gasteiger partial charge is 0.307 e. The van der Waals surface area contributed by atoms with Crippen LogP contribution in [0.2, 0.25) is 0 Å². The highest BCUT2D eigenvalue weighted by Crippen LogP contribution is 2.35. The highest BCUT2D eigenvalue weighted by molar-refractivity contribution is 9.09. The zero-order chi connectivity index (χ0) is 37.3. The number of carbonyl (C=O) groups is 2. The number of hydrogen-bond donors (Lipinski definition) is 0. The van der Waals surface area contributed by atoms with Crippen LogP contribution in [-0.4, -0.2) is 98.2 Å². The van der Waals surface area contributed by atoms with Crippen molar-refractivity contribution in [2.45, 2.75) is 162 Å². The Labute approximate surface area is 339 Å². The molecule has 0 saturated heterocycles. The molecule has 12 heteroatoms. The summed E-state index contributed by atoms with van der Waals surface area (Å²) in [6.07, 6.45) is 29.5. The third-order valence-corrected chi connectivity index (χ3v) is 17.3. The third kappa shape index (κ3) is 43.6. The maximum Gasteiger partial charge on any atom is 0.307 e. The van der Waals surface area contributed by atoms with E-state index < -0.39 is 0 Å². The molecule has 0 aromatic carbocycles. The normalized spacial score (nSPS) is 11.6. The van der Waals surface area contributed by atoms with Crippen molar-refractivity contribution < 1.29 is 19.1 Å². The lowest BCUT2D eigenvalue weighted by Gasteiger charge is -2.20. The highest BCUT2D eigenvalue weighted by atomic mass is 33.5. The molecular formula is C39H78N2O4S6. The van der Waals surface area contributed by atoms with Crippen LogP contribution in [0.15, 0.2) is 0 Å². The molecule has 0 rings (SSSR count). The zero-order valence-electron chi connectivity index (χ0n) is 33.3. The molecule has 0 N–H and O–H groups in total. The Balaban J connectivity index is 3.44. The van der Waals surface area contributed by atoms with Crippen LogP contribution in [0, 0.1) is 0 Å². The minimum absolute atomic E-state index is 0.110. The predicted octanol–water partition coefficient (Wildman–Crippen LogP) is 13.0. The number of unbranched alkanes of at least 4 members (excludes halogenated alkanes) is 18. The van der Waals surface area contributed by atoms with Crippen LogP contribution in [0.25, 0.3) is 0 Å². The van der Waals surface area contributed by atoms with E-state index in [9.17, 15) is 9.59 Å². The first-order valence-corrected chi connectivity index (χ1v) is 28.1. The number of hydrogen-bond acceptors (Lipinski definition) is 12. The standard InChI is InChI=1S/C39H78N2O4S6/c1-5-7-9-11-13-15-17-19-21-23-34-46-50-48-36-32-44-38(42)26-30-40(3)28-25-29-41(4)31-27-39(43)45-33-37-49-51-47-35-24-22-20-18-16-14-12-10-8-6-2/h5-37H2,1-4H3. The molecule has 51 heavy (non-hydrogen) atoms. The van der Waals surface area contributed by atoms with E-state index in [-0.39, 0.29) is 11.9 Å². The fraction of sp³-hybridized carbons (Fsp3) is 0.949. The Morgan fingerprint density at radius 1 is 0.412 bits per heavy atom. The minimum atomic E-state index is -0.110. The Hall–Kier alpha value is 0.960. The van der Waals surface area contributed by atoms with Gasteiger partial charge in [0.05, 0.1) is 12.8 Å². The van der Waals surface area contributed by atoms with E-state index in [1.165, 1.54) is 140 Å². The van der Waals surface area contributed by atoms with E-state index >= 15 is 0 Å². The van der Waals surface area contributed by atoms with Crippen LogP contribution in [0.3, 0.4) is 0 Å². The van der Waals surface area contributed by atoms with Gasteiger partial charge in [-0.1, -0.05) is 173 Å². The molecule has 0 aromatic rings. The summed E-state index contributed by atoms with van der Waals surface area (Å²) >= 11 is 0. The fourth-order valence-corrected chi connectivity index (χ4v) is 12.8. The molecule has 304 valence electrons. The molecule has 0 spiro atoms. The molecule has 0 aliphatic carbocycles. The second-order valence-corrected chi connectivity index (χ2v) is 22.6. The average Bonchev–Trinajstić information content (AvgIpc) is 3.12. The van der Waals surface area contributed by atoms with Crippen LogP contribution >= 0.6 is 62.8 Å². The molecule has 0 saturated carbocycles. The Kier molecular flexibility index (Phi) is 44.5. The van der Waals surface area contributed by atoms with E-state index in [4.69, 9.17) is 9.47 Å². The second-order valence-electron chi connectivity index (χ2n) is 13.7. The predicted molar refractivity (Wildman–Crippen MR) is 239 cm³/mol. The summed E-state index contributed by atoms with van der Waals surface area (Å²) in [7, 11) is 15.2. The third-order valence-electron chi connectivity index (χ3n) is 8.69. The molecule has 0 bridgehead atoms. The summed E-state index contributed by atoms with van der Waals surface area (Å²) in [5.74, 6) is 3.88. The molecule has 0 amide bonds. The monoisotopic (exact) mass is 830 g/mol. The van der Waals surface area contributed by atoms with Gasteiger partial charge in [0.2, 0.25) is 0 Å². The summed E-state index contributed by atoms with van der Waals surface area (Å²) in [4.78, 5) is 28.6. The van der Waals surface area contributed by atoms with Gasteiger partial charge in [0, 0.05) is 36.1 Å². The van der Waals surface area contributed by atoms with Gasteiger partial charge in [-0.15, -0.1) is 0 Å². The fourth-order valence-electron chi connectivity index (χ4n) is 5.42. The molecule has 0 aliphatic rings.